The van der Waals surface area contributed by atoms with Gasteiger partial charge in [0.2, 0.25) is 5.89 Å². The van der Waals surface area contributed by atoms with Crippen LogP contribution in [0.2, 0.25) is 0 Å². The van der Waals surface area contributed by atoms with Gasteiger partial charge < -0.3 is 14.8 Å². The van der Waals surface area contributed by atoms with Crippen LogP contribution in [0.15, 0.2) is 28.8 Å². The normalized spacial score (nSPS) is 10.3. The molecule has 0 aliphatic carbocycles. The van der Waals surface area contributed by atoms with Crippen molar-refractivity contribution in [3.05, 3.63) is 51.7 Å². The molecule has 21 heavy (non-hydrogen) atoms. The van der Waals surface area contributed by atoms with E-state index in [0.717, 1.165) is 12.1 Å². The molecule has 0 unspecified atom stereocenters. The highest BCUT2D eigenvalue weighted by Crippen LogP contribution is 2.26. The van der Waals surface area contributed by atoms with E-state index in [4.69, 9.17) is 4.42 Å². The molecule has 0 saturated carbocycles. The maximum Gasteiger partial charge on any atom is 0.310 e. The van der Waals surface area contributed by atoms with E-state index < -0.39 is 22.3 Å². The number of aromatic nitrogens is 1. The van der Waals surface area contributed by atoms with Crippen LogP contribution in [0.1, 0.15) is 28.9 Å². The number of benzene rings is 1. The number of rotatable bonds is 5. The quantitative estimate of drug-likeness (QED) is 0.640. The van der Waals surface area contributed by atoms with Crippen molar-refractivity contribution < 1.29 is 19.2 Å². The number of hydrogen-bond acceptors (Lipinski definition) is 6. The molecule has 0 atom stereocenters. The summed E-state index contributed by atoms with van der Waals surface area (Å²) >= 11 is 0. The Labute approximate surface area is 119 Å². The fraction of sp³-hybridized carbons (Fsp3) is 0.231. The van der Waals surface area contributed by atoms with Crippen LogP contribution >= 0.6 is 0 Å². The molecule has 1 amide bonds. The van der Waals surface area contributed by atoms with Crippen LogP contribution in [-0.4, -0.2) is 20.9 Å². The maximum absolute atomic E-state index is 11.9. The third kappa shape index (κ3) is 3.35. The summed E-state index contributed by atoms with van der Waals surface area (Å²) in [6.45, 7) is 2.01. The molecule has 1 aromatic carbocycles. The van der Waals surface area contributed by atoms with E-state index in [1.807, 2.05) is 6.92 Å². The van der Waals surface area contributed by atoms with Gasteiger partial charge in [-0.15, -0.1) is 0 Å². The summed E-state index contributed by atoms with van der Waals surface area (Å²) in [5.41, 5.74) is -0.341. The van der Waals surface area contributed by atoms with Crippen LogP contribution < -0.4 is 5.32 Å². The van der Waals surface area contributed by atoms with Crippen molar-refractivity contribution >= 4 is 11.6 Å². The Balaban J connectivity index is 2.03. The van der Waals surface area contributed by atoms with Gasteiger partial charge in [0.05, 0.1) is 17.7 Å². The van der Waals surface area contributed by atoms with Gasteiger partial charge in [-0.3, -0.25) is 14.9 Å². The maximum atomic E-state index is 11.9. The van der Waals surface area contributed by atoms with Crippen LogP contribution in [0.5, 0.6) is 5.75 Å². The number of oxazole rings is 1. The lowest BCUT2D eigenvalue weighted by Gasteiger charge is -2.03. The molecular weight excluding hydrogens is 278 g/mol. The molecular formula is C13H13N3O5. The molecule has 0 spiro atoms. The lowest BCUT2D eigenvalue weighted by molar-refractivity contribution is -0.385. The summed E-state index contributed by atoms with van der Waals surface area (Å²) in [6.07, 6.45) is 2.29. The molecule has 2 N–H and O–H groups in total. The van der Waals surface area contributed by atoms with Crippen molar-refractivity contribution in [1.29, 1.82) is 0 Å². The number of nitrogens with zero attached hydrogens (tertiary/aromatic N) is 2. The summed E-state index contributed by atoms with van der Waals surface area (Å²) in [7, 11) is 0. The second-order valence-electron chi connectivity index (χ2n) is 4.22. The second-order valence-corrected chi connectivity index (χ2v) is 4.22. The molecule has 0 aliphatic rings. The van der Waals surface area contributed by atoms with Gasteiger partial charge in [0.25, 0.3) is 5.91 Å². The molecule has 2 rings (SSSR count). The molecule has 0 aliphatic heterocycles. The number of aromatic hydroxyl groups is 1. The molecule has 8 heteroatoms. The summed E-state index contributed by atoms with van der Waals surface area (Å²) in [5.74, 6) is 0.0343. The average molecular weight is 291 g/mol. The van der Waals surface area contributed by atoms with Crippen molar-refractivity contribution in [3.8, 4) is 5.75 Å². The number of amides is 1. The summed E-state index contributed by atoms with van der Waals surface area (Å²) in [5, 5.41) is 22.6. The summed E-state index contributed by atoms with van der Waals surface area (Å²) < 4.78 is 5.33. The van der Waals surface area contributed by atoms with Crippen LogP contribution in [0.3, 0.4) is 0 Å². The van der Waals surface area contributed by atoms with Crippen molar-refractivity contribution in [3.63, 3.8) is 0 Å². The molecule has 1 aromatic heterocycles. The first-order valence-electron chi connectivity index (χ1n) is 6.20. The number of carbonyl (C=O) groups is 1. The first-order valence-corrected chi connectivity index (χ1v) is 6.20. The van der Waals surface area contributed by atoms with E-state index in [1.54, 1.807) is 6.20 Å². The number of hydrogen-bond donors (Lipinski definition) is 2. The van der Waals surface area contributed by atoms with Crippen molar-refractivity contribution in [2.75, 3.05) is 0 Å². The first kappa shape index (κ1) is 14.5. The Morgan fingerprint density at radius 3 is 2.86 bits per heavy atom. The predicted octanol–water partition coefficient (Wildman–Crippen LogP) is 1.78. The van der Waals surface area contributed by atoms with Gasteiger partial charge in [-0.25, -0.2) is 4.98 Å². The Hall–Kier alpha value is -2.90. The average Bonchev–Trinajstić information content (AvgIpc) is 2.92. The third-order valence-corrected chi connectivity index (χ3v) is 2.78. The van der Waals surface area contributed by atoms with Crippen molar-refractivity contribution in [1.82, 2.24) is 10.3 Å². The number of phenols is 1. The zero-order chi connectivity index (χ0) is 15.4. The number of carbonyl (C=O) groups excluding carboxylic acids is 1. The van der Waals surface area contributed by atoms with Crippen LogP contribution in [0.4, 0.5) is 5.69 Å². The minimum atomic E-state index is -0.726. The zero-order valence-corrected chi connectivity index (χ0v) is 11.2. The van der Waals surface area contributed by atoms with Crippen LogP contribution in [0.25, 0.3) is 0 Å². The summed E-state index contributed by atoms with van der Waals surface area (Å²) in [6, 6.07) is 3.38. The van der Waals surface area contributed by atoms with E-state index in [0.29, 0.717) is 18.1 Å². The first-order chi connectivity index (χ1) is 10.0. The van der Waals surface area contributed by atoms with Crippen LogP contribution in [0, 0.1) is 10.1 Å². The second kappa shape index (κ2) is 6.04. The van der Waals surface area contributed by atoms with Crippen molar-refractivity contribution in [2.24, 2.45) is 0 Å². The van der Waals surface area contributed by atoms with Crippen LogP contribution in [-0.2, 0) is 13.0 Å². The van der Waals surface area contributed by atoms with Gasteiger partial charge in [0, 0.05) is 18.1 Å². The number of nitro groups is 1. The predicted molar refractivity (Wildman–Crippen MR) is 71.8 cm³/mol. The van der Waals surface area contributed by atoms with E-state index in [2.05, 4.69) is 10.3 Å². The SMILES string of the molecule is CCc1cnc(CNC(=O)c2ccc([N+](=O)[O-])c(O)c2)o1. The topological polar surface area (TPSA) is 118 Å². The number of nitrogens with one attached hydrogen (secondary N) is 1. The van der Waals surface area contributed by atoms with Gasteiger partial charge >= 0.3 is 5.69 Å². The van der Waals surface area contributed by atoms with Gasteiger partial charge in [-0.1, -0.05) is 6.92 Å². The Kier molecular flexibility index (Phi) is 4.17. The highest BCUT2D eigenvalue weighted by molar-refractivity contribution is 5.94. The van der Waals surface area contributed by atoms with Gasteiger partial charge in [-0.05, 0) is 12.1 Å². The minimum absolute atomic E-state index is 0.0938. The third-order valence-electron chi connectivity index (χ3n) is 2.78. The minimum Gasteiger partial charge on any atom is -0.502 e. The van der Waals surface area contributed by atoms with E-state index in [9.17, 15) is 20.0 Å². The lowest BCUT2D eigenvalue weighted by Crippen LogP contribution is -2.22. The van der Waals surface area contributed by atoms with E-state index in [1.165, 1.54) is 6.07 Å². The highest BCUT2D eigenvalue weighted by atomic mass is 16.6. The van der Waals surface area contributed by atoms with Crippen molar-refractivity contribution in [2.45, 2.75) is 19.9 Å². The standard InChI is InChI=1S/C13H13N3O5/c1-2-9-6-14-12(21-9)7-15-13(18)8-3-4-10(16(19)20)11(17)5-8/h3-6,17H,2,7H2,1H3,(H,15,18). The molecule has 0 radical (unpaired) electrons. The molecule has 0 fully saturated rings. The number of aryl methyl sites for hydroxylation is 1. The smallest absolute Gasteiger partial charge is 0.310 e. The highest BCUT2D eigenvalue weighted by Gasteiger charge is 2.16. The molecule has 110 valence electrons. The fourth-order valence-electron chi connectivity index (χ4n) is 1.67. The van der Waals surface area contributed by atoms with E-state index in [-0.39, 0.29) is 12.1 Å². The Bertz CT molecular complexity index is 680. The fourth-order valence-corrected chi connectivity index (χ4v) is 1.67. The molecule has 2 aromatic rings. The van der Waals surface area contributed by atoms with Gasteiger partial charge in [-0.2, -0.15) is 0 Å². The lowest BCUT2D eigenvalue weighted by atomic mass is 10.2. The molecule has 1 heterocycles. The summed E-state index contributed by atoms with van der Waals surface area (Å²) in [4.78, 5) is 25.7. The largest absolute Gasteiger partial charge is 0.502 e. The molecule has 0 saturated heterocycles. The van der Waals surface area contributed by atoms with Gasteiger partial charge in [0.15, 0.2) is 5.75 Å². The number of phenolic OH excluding ortho intramolecular Hbond substituents is 1. The zero-order valence-electron chi connectivity index (χ0n) is 11.2. The Morgan fingerprint density at radius 2 is 2.29 bits per heavy atom. The monoisotopic (exact) mass is 291 g/mol. The number of nitro benzene ring substituents is 1. The molecule has 0 bridgehead atoms. The molecule has 8 nitrogen and oxygen atoms in total. The Morgan fingerprint density at radius 1 is 1.52 bits per heavy atom. The van der Waals surface area contributed by atoms with Gasteiger partial charge in [0.1, 0.15) is 5.76 Å². The van der Waals surface area contributed by atoms with E-state index >= 15 is 0 Å².